The molecule has 2 aromatic rings. The van der Waals surface area contributed by atoms with Crippen LogP contribution in [0.2, 0.25) is 0 Å². The van der Waals surface area contributed by atoms with Gasteiger partial charge in [-0.1, -0.05) is 72.4 Å². The first-order valence-corrected chi connectivity index (χ1v) is 15.1. The minimum atomic E-state index is -3.75. The summed E-state index contributed by atoms with van der Waals surface area (Å²) in [5.41, 5.74) is 2.16. The van der Waals surface area contributed by atoms with E-state index in [4.69, 9.17) is 0 Å². The van der Waals surface area contributed by atoms with E-state index in [1.54, 1.807) is 19.1 Å². The molecule has 1 N–H and O–H groups in total. The van der Waals surface area contributed by atoms with Gasteiger partial charge in [0.1, 0.15) is 12.6 Å². The smallest absolute Gasteiger partial charge is 0.244 e. The van der Waals surface area contributed by atoms with Crippen LogP contribution in [0.5, 0.6) is 0 Å². The molecule has 0 bridgehead atoms. The first kappa shape index (κ1) is 28.2. The summed E-state index contributed by atoms with van der Waals surface area (Å²) in [6.45, 7) is 3.45. The number of sulfonamides is 1. The van der Waals surface area contributed by atoms with Crippen molar-refractivity contribution in [1.82, 2.24) is 10.2 Å². The second-order valence-corrected chi connectivity index (χ2v) is 12.2. The normalized spacial score (nSPS) is 15.2. The van der Waals surface area contributed by atoms with Crippen LogP contribution in [0.1, 0.15) is 57.1 Å². The van der Waals surface area contributed by atoms with Crippen LogP contribution in [-0.2, 0) is 32.6 Å². The number of hydrogen-bond acceptors (Lipinski definition) is 4. The third-order valence-electron chi connectivity index (χ3n) is 6.68. The number of carbonyl (C=O) groups is 2. The number of aryl methyl sites for hydroxylation is 1. The van der Waals surface area contributed by atoms with Gasteiger partial charge in [-0.3, -0.25) is 13.9 Å². The molecular weight excluding hydrogens is 542 g/mol. The van der Waals surface area contributed by atoms with Crippen LogP contribution in [0.4, 0.5) is 5.69 Å². The quantitative estimate of drug-likeness (QED) is 0.445. The number of nitrogens with zero attached hydrogens (tertiary/aromatic N) is 2. The summed E-state index contributed by atoms with van der Waals surface area (Å²) in [6.07, 6.45) is 6.95. The average Bonchev–Trinajstić information content (AvgIpc) is 2.85. The van der Waals surface area contributed by atoms with Crippen LogP contribution in [0.25, 0.3) is 0 Å². The highest BCUT2D eigenvalue weighted by molar-refractivity contribution is 9.10. The van der Waals surface area contributed by atoms with Crippen LogP contribution in [0.3, 0.4) is 0 Å². The van der Waals surface area contributed by atoms with Gasteiger partial charge < -0.3 is 10.2 Å². The van der Waals surface area contributed by atoms with Gasteiger partial charge in [0.2, 0.25) is 21.8 Å². The fourth-order valence-electron chi connectivity index (χ4n) is 4.63. The van der Waals surface area contributed by atoms with Crippen molar-refractivity contribution < 1.29 is 18.0 Å². The number of nitrogens with one attached hydrogen (secondary N) is 1. The summed E-state index contributed by atoms with van der Waals surface area (Å²) in [4.78, 5) is 28.4. The zero-order valence-corrected chi connectivity index (χ0v) is 23.6. The Morgan fingerprint density at radius 2 is 1.78 bits per heavy atom. The molecule has 196 valence electrons. The third kappa shape index (κ3) is 7.56. The molecule has 2 amide bonds. The zero-order chi connectivity index (χ0) is 26.3. The number of hydrogen-bond donors (Lipinski definition) is 1. The highest BCUT2D eigenvalue weighted by Gasteiger charge is 2.31. The first-order chi connectivity index (χ1) is 17.1. The second-order valence-electron chi connectivity index (χ2n) is 9.42. The highest BCUT2D eigenvalue weighted by atomic mass is 79.9. The molecule has 0 saturated heterocycles. The van der Waals surface area contributed by atoms with E-state index in [-0.39, 0.29) is 25.0 Å². The van der Waals surface area contributed by atoms with Crippen LogP contribution < -0.4 is 9.62 Å². The number of benzene rings is 2. The van der Waals surface area contributed by atoms with Gasteiger partial charge in [0.15, 0.2) is 0 Å². The van der Waals surface area contributed by atoms with Crippen molar-refractivity contribution in [3.8, 4) is 0 Å². The maximum atomic E-state index is 13.7. The summed E-state index contributed by atoms with van der Waals surface area (Å²) in [7, 11) is -3.75. The molecule has 0 heterocycles. The molecule has 0 spiro atoms. The van der Waals surface area contributed by atoms with E-state index in [1.807, 2.05) is 43.3 Å². The highest BCUT2D eigenvalue weighted by Crippen LogP contribution is 2.25. The lowest BCUT2D eigenvalue weighted by atomic mass is 9.95. The molecule has 0 unspecified atom stereocenters. The van der Waals surface area contributed by atoms with Gasteiger partial charge in [0, 0.05) is 17.1 Å². The Morgan fingerprint density at radius 3 is 2.42 bits per heavy atom. The van der Waals surface area contributed by atoms with Crippen molar-refractivity contribution in [2.45, 2.75) is 71.0 Å². The van der Waals surface area contributed by atoms with Gasteiger partial charge in [-0.2, -0.15) is 0 Å². The molecule has 3 rings (SSSR count). The first-order valence-electron chi connectivity index (χ1n) is 12.5. The van der Waals surface area contributed by atoms with Crippen LogP contribution >= 0.6 is 15.9 Å². The Labute approximate surface area is 223 Å². The molecular formula is C27H36BrN3O4S. The van der Waals surface area contributed by atoms with E-state index >= 15 is 0 Å². The Kier molecular flexibility index (Phi) is 9.96. The Bertz CT molecular complexity index is 1170. The Morgan fingerprint density at radius 1 is 1.08 bits per heavy atom. The molecule has 7 nitrogen and oxygen atoms in total. The predicted octanol–water partition coefficient (Wildman–Crippen LogP) is 4.64. The van der Waals surface area contributed by atoms with Crippen molar-refractivity contribution in [3.05, 3.63) is 64.1 Å². The maximum Gasteiger partial charge on any atom is 0.244 e. The third-order valence-corrected chi connectivity index (χ3v) is 8.30. The van der Waals surface area contributed by atoms with Gasteiger partial charge in [-0.15, -0.1) is 0 Å². The molecule has 0 radical (unpaired) electrons. The molecule has 9 heteroatoms. The molecule has 1 aliphatic carbocycles. The van der Waals surface area contributed by atoms with Crippen LogP contribution in [0.15, 0.2) is 53.0 Å². The average molecular weight is 579 g/mol. The van der Waals surface area contributed by atoms with Crippen LogP contribution in [-0.4, -0.2) is 50.0 Å². The van der Waals surface area contributed by atoms with Crippen molar-refractivity contribution in [2.75, 3.05) is 17.1 Å². The Hall–Kier alpha value is -2.39. The van der Waals surface area contributed by atoms with E-state index in [9.17, 15) is 18.0 Å². The molecule has 0 aromatic heterocycles. The molecule has 1 saturated carbocycles. The topological polar surface area (TPSA) is 86.8 Å². The van der Waals surface area contributed by atoms with Crippen molar-refractivity contribution >= 4 is 43.5 Å². The lowest BCUT2D eigenvalue weighted by Gasteiger charge is -2.33. The van der Waals surface area contributed by atoms with Gasteiger partial charge in [0.05, 0.1) is 11.9 Å². The number of para-hydroxylation sites is 1. The standard InChI is InChI=1S/C27H36BrN3O4S/c1-4-22-12-8-9-16-25(22)31(36(3,34)35)19-26(32)30(18-21-11-10-13-23(28)17-21)20(2)27(33)29-24-14-6-5-7-15-24/h8-13,16-17,20,24H,4-7,14-15,18-19H2,1-3H3,(H,29,33)/t20-/m1/s1. The van der Waals surface area contributed by atoms with Gasteiger partial charge in [-0.25, -0.2) is 8.42 Å². The minimum absolute atomic E-state index is 0.112. The van der Waals surface area contributed by atoms with Gasteiger partial charge >= 0.3 is 0 Å². The number of amides is 2. The largest absolute Gasteiger partial charge is 0.352 e. The fourth-order valence-corrected chi connectivity index (χ4v) is 5.96. The lowest BCUT2D eigenvalue weighted by Crippen LogP contribution is -2.53. The summed E-state index contributed by atoms with van der Waals surface area (Å²) >= 11 is 3.46. The molecule has 1 fully saturated rings. The van der Waals surface area contributed by atoms with Gasteiger partial charge in [-0.05, 0) is 55.5 Å². The molecule has 1 aliphatic rings. The van der Waals surface area contributed by atoms with Gasteiger partial charge in [0.25, 0.3) is 0 Å². The van der Waals surface area contributed by atoms with E-state index in [0.717, 1.165) is 51.8 Å². The number of carbonyl (C=O) groups excluding carboxylic acids is 2. The molecule has 2 aromatic carbocycles. The zero-order valence-electron chi connectivity index (χ0n) is 21.2. The van der Waals surface area contributed by atoms with Crippen LogP contribution in [0, 0.1) is 0 Å². The fraction of sp³-hybridized carbons (Fsp3) is 0.481. The number of anilines is 1. The van der Waals surface area contributed by atoms with E-state index in [1.165, 1.54) is 11.3 Å². The van der Waals surface area contributed by atoms with E-state index in [2.05, 4.69) is 21.2 Å². The maximum absolute atomic E-state index is 13.7. The summed E-state index contributed by atoms with van der Waals surface area (Å²) in [5.74, 6) is -0.650. The second kappa shape index (κ2) is 12.7. The summed E-state index contributed by atoms with van der Waals surface area (Å²) < 4.78 is 27.6. The number of halogens is 1. The molecule has 0 aliphatic heterocycles. The minimum Gasteiger partial charge on any atom is -0.352 e. The molecule has 1 atom stereocenters. The van der Waals surface area contributed by atoms with Crippen molar-refractivity contribution in [2.24, 2.45) is 0 Å². The monoisotopic (exact) mass is 577 g/mol. The predicted molar refractivity (Wildman–Crippen MR) is 147 cm³/mol. The SMILES string of the molecule is CCc1ccccc1N(CC(=O)N(Cc1cccc(Br)c1)[C@H](C)C(=O)NC1CCCCC1)S(C)(=O)=O. The summed E-state index contributed by atoms with van der Waals surface area (Å²) in [6, 6.07) is 14.1. The summed E-state index contributed by atoms with van der Waals surface area (Å²) in [5, 5.41) is 3.11. The number of rotatable bonds is 10. The Balaban J connectivity index is 1.89. The molecule has 36 heavy (non-hydrogen) atoms. The van der Waals surface area contributed by atoms with E-state index < -0.39 is 22.0 Å². The van der Waals surface area contributed by atoms with Crippen molar-refractivity contribution in [1.29, 1.82) is 0 Å². The van der Waals surface area contributed by atoms with E-state index in [0.29, 0.717) is 12.1 Å². The van der Waals surface area contributed by atoms with Crippen molar-refractivity contribution in [3.63, 3.8) is 0 Å². The lowest BCUT2D eigenvalue weighted by molar-refractivity contribution is -0.139.